The summed E-state index contributed by atoms with van der Waals surface area (Å²) >= 11 is 0. The SMILES string of the molecule is NC(=O)Nc1ccc(NC(=O)c2nc(N)n[nH]2)cc1. The van der Waals surface area contributed by atoms with Crippen LogP contribution in [-0.2, 0) is 0 Å². The van der Waals surface area contributed by atoms with Crippen LogP contribution >= 0.6 is 0 Å². The van der Waals surface area contributed by atoms with Crippen molar-refractivity contribution in [3.05, 3.63) is 30.1 Å². The molecular formula is C10H11N7O2. The van der Waals surface area contributed by atoms with Gasteiger partial charge in [-0.05, 0) is 24.3 Å². The Bertz CT molecular complexity index is 605. The number of primary amides is 1. The van der Waals surface area contributed by atoms with Crippen LogP contribution in [0.3, 0.4) is 0 Å². The molecule has 98 valence electrons. The van der Waals surface area contributed by atoms with Crippen LogP contribution in [-0.4, -0.2) is 27.1 Å². The lowest BCUT2D eigenvalue weighted by atomic mass is 10.3. The van der Waals surface area contributed by atoms with E-state index in [1.807, 2.05) is 0 Å². The fourth-order valence-electron chi connectivity index (χ4n) is 1.35. The summed E-state index contributed by atoms with van der Waals surface area (Å²) in [4.78, 5) is 26.0. The number of nitrogen functional groups attached to an aromatic ring is 1. The lowest BCUT2D eigenvalue weighted by Gasteiger charge is -2.05. The fraction of sp³-hybridized carbons (Fsp3) is 0. The zero-order valence-electron chi connectivity index (χ0n) is 9.68. The fourth-order valence-corrected chi connectivity index (χ4v) is 1.35. The van der Waals surface area contributed by atoms with Crippen LogP contribution in [0.5, 0.6) is 0 Å². The van der Waals surface area contributed by atoms with E-state index in [0.29, 0.717) is 11.4 Å². The van der Waals surface area contributed by atoms with Gasteiger partial charge < -0.3 is 22.1 Å². The predicted octanol–water partition coefficient (Wildman–Crippen LogP) is 0.130. The summed E-state index contributed by atoms with van der Waals surface area (Å²) in [6.07, 6.45) is 0. The Labute approximate surface area is 107 Å². The molecule has 1 aromatic carbocycles. The molecule has 0 unspecified atom stereocenters. The van der Waals surface area contributed by atoms with E-state index in [4.69, 9.17) is 11.5 Å². The topological polar surface area (TPSA) is 152 Å². The lowest BCUT2D eigenvalue weighted by Crippen LogP contribution is -2.19. The van der Waals surface area contributed by atoms with Gasteiger partial charge in [-0.2, -0.15) is 4.98 Å². The monoisotopic (exact) mass is 261 g/mol. The first kappa shape index (κ1) is 12.4. The van der Waals surface area contributed by atoms with Gasteiger partial charge in [0, 0.05) is 11.4 Å². The minimum Gasteiger partial charge on any atom is -0.366 e. The van der Waals surface area contributed by atoms with Crippen LogP contribution in [0.1, 0.15) is 10.6 Å². The van der Waals surface area contributed by atoms with Crippen LogP contribution in [0, 0.1) is 0 Å². The number of carbonyl (C=O) groups is 2. The van der Waals surface area contributed by atoms with Gasteiger partial charge in [0.05, 0.1) is 0 Å². The second kappa shape index (κ2) is 5.04. The Hall–Kier alpha value is -3.10. The van der Waals surface area contributed by atoms with E-state index in [2.05, 4.69) is 25.8 Å². The van der Waals surface area contributed by atoms with Gasteiger partial charge in [0.15, 0.2) is 0 Å². The average molecular weight is 261 g/mol. The van der Waals surface area contributed by atoms with Crippen molar-refractivity contribution in [2.24, 2.45) is 5.73 Å². The molecule has 7 N–H and O–H groups in total. The van der Waals surface area contributed by atoms with Crippen LogP contribution in [0.2, 0.25) is 0 Å². The van der Waals surface area contributed by atoms with Crippen molar-refractivity contribution in [2.75, 3.05) is 16.4 Å². The summed E-state index contributed by atoms with van der Waals surface area (Å²) in [6, 6.07) is 5.73. The van der Waals surface area contributed by atoms with E-state index >= 15 is 0 Å². The quantitative estimate of drug-likeness (QED) is 0.531. The number of aromatic nitrogens is 3. The molecule has 0 radical (unpaired) electrons. The Morgan fingerprint density at radius 1 is 1.11 bits per heavy atom. The molecule has 0 saturated carbocycles. The van der Waals surface area contributed by atoms with E-state index in [1.54, 1.807) is 24.3 Å². The second-order valence-electron chi connectivity index (χ2n) is 3.56. The highest BCUT2D eigenvalue weighted by Crippen LogP contribution is 2.13. The summed E-state index contributed by atoms with van der Waals surface area (Å²) in [5.74, 6) is -0.470. The summed E-state index contributed by atoms with van der Waals surface area (Å²) in [7, 11) is 0. The molecule has 9 heteroatoms. The standard InChI is InChI=1S/C10H11N7O2/c11-9-15-7(16-17-9)8(18)13-5-1-3-6(4-2-5)14-10(12)19/h1-4H,(H,13,18)(H3,12,14,19)(H3,11,15,16,17). The van der Waals surface area contributed by atoms with Crippen LogP contribution in [0.15, 0.2) is 24.3 Å². The van der Waals surface area contributed by atoms with Gasteiger partial charge in [-0.15, -0.1) is 5.10 Å². The van der Waals surface area contributed by atoms with Gasteiger partial charge >= 0.3 is 6.03 Å². The Balaban J connectivity index is 2.03. The summed E-state index contributed by atoms with van der Waals surface area (Å²) in [5, 5.41) is 10.9. The first-order valence-corrected chi connectivity index (χ1v) is 5.20. The van der Waals surface area contributed by atoms with E-state index in [1.165, 1.54) is 0 Å². The van der Waals surface area contributed by atoms with Crippen molar-refractivity contribution in [3.63, 3.8) is 0 Å². The largest absolute Gasteiger partial charge is 0.366 e. The van der Waals surface area contributed by atoms with Gasteiger partial charge in [0.1, 0.15) is 0 Å². The minimum absolute atomic E-state index is 0.00819. The molecule has 2 rings (SSSR count). The summed E-state index contributed by atoms with van der Waals surface area (Å²) in [5.41, 5.74) is 11.3. The highest BCUT2D eigenvalue weighted by molar-refractivity contribution is 6.01. The molecule has 0 atom stereocenters. The predicted molar refractivity (Wildman–Crippen MR) is 68.4 cm³/mol. The second-order valence-corrected chi connectivity index (χ2v) is 3.56. The normalized spacial score (nSPS) is 9.89. The molecule has 9 nitrogen and oxygen atoms in total. The maximum absolute atomic E-state index is 11.7. The van der Waals surface area contributed by atoms with Crippen LogP contribution < -0.4 is 22.1 Å². The molecule has 2 aromatic rings. The average Bonchev–Trinajstić information content (AvgIpc) is 2.78. The molecule has 1 aromatic heterocycles. The van der Waals surface area contributed by atoms with E-state index in [0.717, 1.165) is 0 Å². The lowest BCUT2D eigenvalue weighted by molar-refractivity contribution is 0.101. The zero-order chi connectivity index (χ0) is 13.8. The number of amides is 3. The van der Waals surface area contributed by atoms with Gasteiger partial charge in [0.2, 0.25) is 11.8 Å². The Morgan fingerprint density at radius 2 is 1.68 bits per heavy atom. The highest BCUT2D eigenvalue weighted by atomic mass is 16.2. The molecule has 0 aliphatic carbocycles. The van der Waals surface area contributed by atoms with Gasteiger partial charge in [-0.3, -0.25) is 9.89 Å². The van der Waals surface area contributed by atoms with Crippen molar-refractivity contribution in [1.29, 1.82) is 0 Å². The smallest absolute Gasteiger partial charge is 0.316 e. The molecule has 0 aliphatic heterocycles. The molecule has 0 saturated heterocycles. The van der Waals surface area contributed by atoms with Crippen molar-refractivity contribution in [2.45, 2.75) is 0 Å². The number of rotatable bonds is 3. The molecule has 0 spiro atoms. The minimum atomic E-state index is -0.658. The number of anilines is 3. The maximum Gasteiger partial charge on any atom is 0.316 e. The first-order chi connectivity index (χ1) is 9.04. The van der Waals surface area contributed by atoms with Crippen LogP contribution in [0.25, 0.3) is 0 Å². The highest BCUT2D eigenvalue weighted by Gasteiger charge is 2.10. The number of urea groups is 1. The van der Waals surface area contributed by atoms with Crippen molar-refractivity contribution < 1.29 is 9.59 Å². The van der Waals surface area contributed by atoms with E-state index in [-0.39, 0.29) is 11.8 Å². The number of hydrogen-bond donors (Lipinski definition) is 5. The van der Waals surface area contributed by atoms with Crippen LogP contribution in [0.4, 0.5) is 22.1 Å². The molecule has 19 heavy (non-hydrogen) atoms. The van der Waals surface area contributed by atoms with E-state index < -0.39 is 11.9 Å². The van der Waals surface area contributed by atoms with Crippen molar-refractivity contribution in [1.82, 2.24) is 15.2 Å². The summed E-state index contributed by atoms with van der Waals surface area (Å²) < 4.78 is 0. The van der Waals surface area contributed by atoms with Gasteiger partial charge in [-0.25, -0.2) is 4.79 Å². The maximum atomic E-state index is 11.7. The molecule has 1 heterocycles. The number of nitrogens with two attached hydrogens (primary N) is 2. The molecule has 0 fully saturated rings. The van der Waals surface area contributed by atoms with Gasteiger partial charge in [0.25, 0.3) is 5.91 Å². The third kappa shape index (κ3) is 3.19. The molecule has 0 bridgehead atoms. The number of nitrogens with zero attached hydrogens (tertiary/aromatic N) is 2. The van der Waals surface area contributed by atoms with Crippen molar-refractivity contribution in [3.8, 4) is 0 Å². The summed E-state index contributed by atoms with van der Waals surface area (Å²) in [6.45, 7) is 0. The third-order valence-corrected chi connectivity index (χ3v) is 2.13. The Kier molecular flexibility index (Phi) is 3.28. The number of aromatic amines is 1. The van der Waals surface area contributed by atoms with Crippen molar-refractivity contribution >= 4 is 29.3 Å². The molecular weight excluding hydrogens is 250 g/mol. The number of carbonyl (C=O) groups excluding carboxylic acids is 2. The number of benzene rings is 1. The van der Waals surface area contributed by atoms with Gasteiger partial charge in [-0.1, -0.05) is 0 Å². The molecule has 0 aliphatic rings. The first-order valence-electron chi connectivity index (χ1n) is 5.20. The third-order valence-electron chi connectivity index (χ3n) is 2.13. The number of H-pyrrole nitrogens is 1. The zero-order valence-corrected chi connectivity index (χ0v) is 9.68. The Morgan fingerprint density at radius 3 is 2.16 bits per heavy atom. The number of hydrogen-bond acceptors (Lipinski definition) is 5. The number of nitrogens with one attached hydrogen (secondary N) is 3. The van der Waals surface area contributed by atoms with E-state index in [9.17, 15) is 9.59 Å². The molecule has 3 amide bonds.